The molecule has 0 atom stereocenters. The molecule has 0 aromatic carbocycles. The molecule has 0 amide bonds. The van der Waals surface area contributed by atoms with Gasteiger partial charge in [0.2, 0.25) is 0 Å². The van der Waals surface area contributed by atoms with Gasteiger partial charge in [0.25, 0.3) is 0 Å². The van der Waals surface area contributed by atoms with E-state index in [2.05, 4.69) is 17.2 Å². The van der Waals surface area contributed by atoms with Crippen molar-refractivity contribution in [3.05, 3.63) is 60.4 Å². The number of aliphatic hydroxyl groups excluding tert-OH is 1. The Hall–Kier alpha value is -2.07. The minimum atomic E-state index is 0.244. The molecule has 4 nitrogen and oxygen atoms in total. The van der Waals surface area contributed by atoms with Crippen molar-refractivity contribution < 1.29 is 5.11 Å². The van der Waals surface area contributed by atoms with Crippen molar-refractivity contribution in [2.45, 2.75) is 20.8 Å². The molecule has 0 aliphatic rings. The fraction of sp³-hybridized carbons (Fsp3) is 0.214. The number of hydrogen-bond donors (Lipinski definition) is 3. The molecule has 0 bridgehead atoms. The molecule has 0 aromatic rings. The third-order valence-electron chi connectivity index (χ3n) is 1.66. The van der Waals surface area contributed by atoms with E-state index in [0.717, 1.165) is 5.57 Å². The molecule has 18 heavy (non-hydrogen) atoms. The molecule has 0 aliphatic heterocycles. The summed E-state index contributed by atoms with van der Waals surface area (Å²) in [5.74, 6) is 5.09. The van der Waals surface area contributed by atoms with Crippen molar-refractivity contribution >= 4 is 6.21 Å². The van der Waals surface area contributed by atoms with E-state index in [1.807, 2.05) is 51.2 Å². The maximum atomic E-state index is 8.97. The average Bonchev–Trinajstić information content (AvgIpc) is 2.39. The fourth-order valence-corrected chi connectivity index (χ4v) is 0.807. The van der Waals surface area contributed by atoms with Gasteiger partial charge in [-0.25, -0.2) is 11.4 Å². The highest BCUT2D eigenvalue weighted by molar-refractivity contribution is 5.71. The predicted octanol–water partition coefficient (Wildman–Crippen LogP) is 3.15. The molecule has 0 heterocycles. The molecule has 100 valence electrons. The lowest BCUT2D eigenvalue weighted by atomic mass is 10.2. The van der Waals surface area contributed by atoms with E-state index in [-0.39, 0.29) is 5.76 Å². The fourth-order valence-electron chi connectivity index (χ4n) is 0.807. The number of hydrogen-bond acceptors (Lipinski definition) is 4. The Balaban J connectivity index is 0. The zero-order valence-electron chi connectivity index (χ0n) is 11.3. The van der Waals surface area contributed by atoms with Crippen LogP contribution < -0.4 is 11.4 Å². The zero-order chi connectivity index (χ0) is 14.2. The molecular formula is C14H23N3O. The minimum absolute atomic E-state index is 0.244. The van der Waals surface area contributed by atoms with Crippen LogP contribution in [0.1, 0.15) is 20.8 Å². The zero-order valence-corrected chi connectivity index (χ0v) is 11.3. The molecular weight excluding hydrogens is 226 g/mol. The molecule has 0 radical (unpaired) electrons. The normalized spacial score (nSPS) is 12.9. The number of nitrogens with one attached hydrogen (secondary N) is 1. The van der Waals surface area contributed by atoms with Crippen molar-refractivity contribution in [2.24, 2.45) is 10.9 Å². The Morgan fingerprint density at radius 3 is 2.33 bits per heavy atom. The number of rotatable bonds is 5. The summed E-state index contributed by atoms with van der Waals surface area (Å²) in [7, 11) is 0. The van der Waals surface area contributed by atoms with Crippen LogP contribution >= 0.6 is 0 Å². The Morgan fingerprint density at radius 1 is 1.22 bits per heavy atom. The first-order valence-corrected chi connectivity index (χ1v) is 5.55. The third-order valence-corrected chi connectivity index (χ3v) is 1.66. The first-order valence-electron chi connectivity index (χ1n) is 5.55. The summed E-state index contributed by atoms with van der Waals surface area (Å²) < 4.78 is 0. The quantitative estimate of drug-likeness (QED) is 0.230. The number of hydrazone groups is 1. The second-order valence-corrected chi connectivity index (χ2v) is 3.09. The summed E-state index contributed by atoms with van der Waals surface area (Å²) in [5.41, 5.74) is 2.98. The molecule has 0 saturated heterocycles. The van der Waals surface area contributed by atoms with Crippen LogP contribution in [0.5, 0.6) is 0 Å². The second-order valence-electron chi connectivity index (χ2n) is 3.09. The number of nitrogens with zero attached hydrogens (tertiary/aromatic N) is 1. The molecule has 4 heteroatoms. The topological polar surface area (TPSA) is 70.6 Å². The van der Waals surface area contributed by atoms with E-state index in [1.165, 1.54) is 6.08 Å². The molecule has 0 saturated carbocycles. The highest BCUT2D eigenvalue weighted by Gasteiger charge is 1.86. The van der Waals surface area contributed by atoms with Crippen LogP contribution in [-0.2, 0) is 0 Å². The number of allylic oxidation sites excluding steroid dienone is 8. The first kappa shape index (κ1) is 18.3. The van der Waals surface area contributed by atoms with Gasteiger partial charge >= 0.3 is 0 Å². The van der Waals surface area contributed by atoms with Gasteiger partial charge in [-0.1, -0.05) is 37.0 Å². The molecule has 0 fully saturated rings. The highest BCUT2D eigenvalue weighted by Crippen LogP contribution is 2.01. The van der Waals surface area contributed by atoms with Gasteiger partial charge in [-0.05, 0) is 38.5 Å². The summed E-state index contributed by atoms with van der Waals surface area (Å²) in [4.78, 5) is 0. The molecule has 4 N–H and O–H groups in total. The van der Waals surface area contributed by atoms with E-state index >= 15 is 0 Å². The number of nitrogens with two attached hydrogens (primary N) is 1. The summed E-state index contributed by atoms with van der Waals surface area (Å²) in [6.07, 6.45) is 14.2. The molecule has 0 unspecified atom stereocenters. The van der Waals surface area contributed by atoms with Crippen molar-refractivity contribution in [2.75, 3.05) is 0 Å². The Labute approximate surface area is 110 Å². The smallest absolute Gasteiger partial charge is 0.117 e. The van der Waals surface area contributed by atoms with Crippen LogP contribution in [0, 0.1) is 0 Å². The van der Waals surface area contributed by atoms with Gasteiger partial charge in [-0.2, -0.15) is 5.10 Å². The maximum Gasteiger partial charge on any atom is 0.117 e. The standard InChI is InChI=1S/C8H12O.C6H11N3/c1-4-6-7(3)8(9)5-2;1-2-3-4-5-6-8-9-7/h4-6,9H,2H2,1,3H3;2-6,9H,7H2,1H3/b6-4+,8-7+;3-2-,5-4-,8-6+. The molecule has 0 aromatic heterocycles. The summed E-state index contributed by atoms with van der Waals surface area (Å²) in [6, 6.07) is 0. The predicted molar refractivity (Wildman–Crippen MR) is 80.1 cm³/mol. The lowest BCUT2D eigenvalue weighted by Crippen LogP contribution is -2.13. The van der Waals surface area contributed by atoms with E-state index in [1.54, 1.807) is 12.3 Å². The van der Waals surface area contributed by atoms with Crippen LogP contribution in [-0.4, -0.2) is 11.3 Å². The van der Waals surface area contributed by atoms with Gasteiger partial charge in [0, 0.05) is 6.21 Å². The Bertz CT molecular complexity index is 350. The Kier molecular flexibility index (Phi) is 15.2. The summed E-state index contributed by atoms with van der Waals surface area (Å²) in [5, 5.41) is 12.5. The number of hydrazine groups is 1. The number of aliphatic hydroxyl groups is 1. The van der Waals surface area contributed by atoms with Crippen LogP contribution in [0.25, 0.3) is 0 Å². The second kappa shape index (κ2) is 14.9. The van der Waals surface area contributed by atoms with Gasteiger partial charge in [-0.15, -0.1) is 0 Å². The van der Waals surface area contributed by atoms with Crippen molar-refractivity contribution in [1.29, 1.82) is 0 Å². The van der Waals surface area contributed by atoms with Crippen LogP contribution in [0.4, 0.5) is 0 Å². The van der Waals surface area contributed by atoms with Crippen molar-refractivity contribution in [1.82, 2.24) is 5.53 Å². The lowest BCUT2D eigenvalue weighted by molar-refractivity contribution is 0.428. The molecule has 0 rings (SSSR count). The van der Waals surface area contributed by atoms with Crippen molar-refractivity contribution in [3.63, 3.8) is 0 Å². The minimum Gasteiger partial charge on any atom is -0.508 e. The first-order chi connectivity index (χ1) is 8.63. The van der Waals surface area contributed by atoms with Gasteiger partial charge < -0.3 is 5.11 Å². The lowest BCUT2D eigenvalue weighted by Gasteiger charge is -1.92. The van der Waals surface area contributed by atoms with Gasteiger partial charge in [0.05, 0.1) is 0 Å². The highest BCUT2D eigenvalue weighted by atomic mass is 16.3. The van der Waals surface area contributed by atoms with Gasteiger partial charge in [-0.3, -0.25) is 0 Å². The van der Waals surface area contributed by atoms with Crippen LogP contribution in [0.2, 0.25) is 0 Å². The van der Waals surface area contributed by atoms with Crippen molar-refractivity contribution in [3.8, 4) is 0 Å². The van der Waals surface area contributed by atoms with E-state index in [0.29, 0.717) is 0 Å². The Morgan fingerprint density at radius 2 is 1.89 bits per heavy atom. The largest absolute Gasteiger partial charge is 0.508 e. The summed E-state index contributed by atoms with van der Waals surface area (Å²) in [6.45, 7) is 9.10. The molecule has 0 spiro atoms. The average molecular weight is 249 g/mol. The monoisotopic (exact) mass is 249 g/mol. The van der Waals surface area contributed by atoms with Crippen LogP contribution in [0.15, 0.2) is 65.5 Å². The van der Waals surface area contributed by atoms with E-state index in [9.17, 15) is 0 Å². The SMILES string of the molecule is C=C/C(O)=C(C)\C=C\C.C\C=C/C=C\C=N\NN. The summed E-state index contributed by atoms with van der Waals surface area (Å²) >= 11 is 0. The van der Waals surface area contributed by atoms with Gasteiger partial charge in [0.1, 0.15) is 5.76 Å². The third kappa shape index (κ3) is 13.9. The maximum absolute atomic E-state index is 8.97. The van der Waals surface area contributed by atoms with E-state index in [4.69, 9.17) is 10.9 Å². The van der Waals surface area contributed by atoms with Gasteiger partial charge in [0.15, 0.2) is 0 Å². The van der Waals surface area contributed by atoms with Crippen LogP contribution in [0.3, 0.4) is 0 Å². The molecule has 0 aliphatic carbocycles. The van der Waals surface area contributed by atoms with E-state index < -0.39 is 0 Å².